The standard InChI is InChI=1S/C20H24N4O2/c1-19(2,13-21)24-18(26)20(10-6-3-7-11-20)23-17(25)16-12-14-8-4-5-9-15(14)22-16/h4-5,8-9,12,22H,3,6-7,10-11H2,1-2H3,(H,23,25)(H,24,26). The van der Waals surface area contributed by atoms with Crippen molar-refractivity contribution in [3.8, 4) is 6.07 Å². The zero-order valence-corrected chi connectivity index (χ0v) is 15.2. The summed E-state index contributed by atoms with van der Waals surface area (Å²) in [5.74, 6) is -0.582. The second-order valence-electron chi connectivity index (χ2n) is 7.56. The first-order chi connectivity index (χ1) is 12.4. The highest BCUT2D eigenvalue weighted by molar-refractivity contribution is 6.01. The number of nitriles is 1. The Bertz CT molecular complexity index is 836. The Morgan fingerprint density at radius 2 is 1.88 bits per heavy atom. The summed E-state index contributed by atoms with van der Waals surface area (Å²) in [5.41, 5.74) is -0.636. The van der Waals surface area contributed by atoms with Crippen molar-refractivity contribution in [1.82, 2.24) is 15.6 Å². The van der Waals surface area contributed by atoms with Gasteiger partial charge in [-0.2, -0.15) is 5.26 Å². The van der Waals surface area contributed by atoms with Gasteiger partial charge in [-0.05, 0) is 38.8 Å². The molecule has 0 saturated heterocycles. The molecular weight excluding hydrogens is 328 g/mol. The monoisotopic (exact) mass is 352 g/mol. The van der Waals surface area contributed by atoms with Gasteiger partial charge in [-0.3, -0.25) is 9.59 Å². The van der Waals surface area contributed by atoms with Crippen molar-refractivity contribution in [2.75, 3.05) is 0 Å². The number of aromatic amines is 1. The number of hydrogen-bond acceptors (Lipinski definition) is 3. The van der Waals surface area contributed by atoms with E-state index in [2.05, 4.69) is 21.7 Å². The molecule has 0 bridgehead atoms. The van der Waals surface area contributed by atoms with Gasteiger partial charge in [0.05, 0.1) is 6.07 Å². The normalized spacial score (nSPS) is 16.7. The van der Waals surface area contributed by atoms with Crippen LogP contribution in [0.15, 0.2) is 30.3 Å². The van der Waals surface area contributed by atoms with Crippen molar-refractivity contribution >= 4 is 22.7 Å². The average Bonchev–Trinajstić information content (AvgIpc) is 3.06. The number of hydrogen-bond donors (Lipinski definition) is 3. The predicted octanol–water partition coefficient (Wildman–Crippen LogP) is 3.02. The first-order valence-corrected chi connectivity index (χ1v) is 8.99. The number of H-pyrrole nitrogens is 1. The maximum absolute atomic E-state index is 12.9. The Kier molecular flexibility index (Phi) is 4.73. The number of aromatic nitrogens is 1. The minimum atomic E-state index is -0.979. The zero-order chi connectivity index (χ0) is 18.8. The fourth-order valence-corrected chi connectivity index (χ4v) is 3.48. The molecule has 0 unspecified atom stereocenters. The molecule has 1 heterocycles. The minimum absolute atomic E-state index is 0.284. The molecule has 1 aliphatic carbocycles. The number of para-hydroxylation sites is 1. The highest BCUT2D eigenvalue weighted by Crippen LogP contribution is 2.30. The van der Waals surface area contributed by atoms with E-state index in [4.69, 9.17) is 0 Å². The van der Waals surface area contributed by atoms with Crippen molar-refractivity contribution < 1.29 is 9.59 Å². The Balaban J connectivity index is 1.84. The van der Waals surface area contributed by atoms with Gasteiger partial charge in [0.1, 0.15) is 16.8 Å². The number of carbonyl (C=O) groups is 2. The van der Waals surface area contributed by atoms with E-state index in [1.165, 1.54) is 0 Å². The molecule has 6 nitrogen and oxygen atoms in total. The van der Waals surface area contributed by atoms with Crippen molar-refractivity contribution in [3.05, 3.63) is 36.0 Å². The van der Waals surface area contributed by atoms with Crippen LogP contribution in [0.4, 0.5) is 0 Å². The van der Waals surface area contributed by atoms with Gasteiger partial charge in [0, 0.05) is 10.9 Å². The van der Waals surface area contributed by atoms with Crippen molar-refractivity contribution in [1.29, 1.82) is 5.26 Å². The summed E-state index contributed by atoms with van der Waals surface area (Å²) in [5, 5.41) is 15.9. The van der Waals surface area contributed by atoms with Crippen LogP contribution in [0.3, 0.4) is 0 Å². The first-order valence-electron chi connectivity index (χ1n) is 8.99. The van der Waals surface area contributed by atoms with Gasteiger partial charge in [-0.1, -0.05) is 37.5 Å². The van der Waals surface area contributed by atoms with E-state index in [0.717, 1.165) is 30.2 Å². The number of nitrogens with zero attached hydrogens (tertiary/aromatic N) is 1. The summed E-state index contributed by atoms with van der Waals surface area (Å²) in [4.78, 5) is 28.9. The lowest BCUT2D eigenvalue weighted by atomic mass is 9.80. The van der Waals surface area contributed by atoms with Crippen LogP contribution in [0.2, 0.25) is 0 Å². The Morgan fingerprint density at radius 1 is 1.19 bits per heavy atom. The van der Waals surface area contributed by atoms with Gasteiger partial charge in [-0.15, -0.1) is 0 Å². The molecule has 1 aromatic heterocycles. The summed E-state index contributed by atoms with van der Waals surface area (Å²) < 4.78 is 0. The molecule has 136 valence electrons. The molecule has 0 spiro atoms. The molecule has 0 radical (unpaired) electrons. The molecule has 1 saturated carbocycles. The van der Waals surface area contributed by atoms with Crippen molar-refractivity contribution in [2.24, 2.45) is 0 Å². The largest absolute Gasteiger partial charge is 0.351 e. The van der Waals surface area contributed by atoms with Crippen LogP contribution in [0.1, 0.15) is 56.4 Å². The van der Waals surface area contributed by atoms with E-state index >= 15 is 0 Å². The maximum atomic E-state index is 12.9. The van der Waals surface area contributed by atoms with Gasteiger partial charge in [0.25, 0.3) is 5.91 Å². The van der Waals surface area contributed by atoms with E-state index in [-0.39, 0.29) is 11.8 Å². The molecule has 1 aromatic carbocycles. The maximum Gasteiger partial charge on any atom is 0.268 e. The summed E-state index contributed by atoms with van der Waals surface area (Å²) in [6, 6.07) is 11.5. The molecule has 0 aliphatic heterocycles. The smallest absolute Gasteiger partial charge is 0.268 e. The second kappa shape index (κ2) is 6.83. The predicted molar refractivity (Wildman–Crippen MR) is 99.4 cm³/mol. The third-order valence-electron chi connectivity index (χ3n) is 4.97. The van der Waals surface area contributed by atoms with Gasteiger partial charge in [0.2, 0.25) is 5.91 Å². The van der Waals surface area contributed by atoms with E-state index in [9.17, 15) is 14.9 Å². The second-order valence-corrected chi connectivity index (χ2v) is 7.56. The summed E-state index contributed by atoms with van der Waals surface area (Å²) in [6.45, 7) is 3.31. The molecular formula is C20H24N4O2. The lowest BCUT2D eigenvalue weighted by Crippen LogP contribution is -2.62. The Labute approximate surface area is 153 Å². The van der Waals surface area contributed by atoms with Crippen molar-refractivity contribution in [2.45, 2.75) is 57.0 Å². The van der Waals surface area contributed by atoms with Crippen LogP contribution in [-0.4, -0.2) is 27.9 Å². The van der Waals surface area contributed by atoms with E-state index in [0.29, 0.717) is 18.5 Å². The zero-order valence-electron chi connectivity index (χ0n) is 15.2. The molecule has 1 aliphatic rings. The van der Waals surface area contributed by atoms with Crippen LogP contribution in [-0.2, 0) is 4.79 Å². The van der Waals surface area contributed by atoms with E-state index < -0.39 is 11.1 Å². The number of fused-ring (bicyclic) bond motifs is 1. The minimum Gasteiger partial charge on any atom is -0.351 e. The molecule has 3 rings (SSSR count). The van der Waals surface area contributed by atoms with Crippen LogP contribution in [0, 0.1) is 11.3 Å². The number of benzene rings is 1. The molecule has 6 heteroatoms. The number of carbonyl (C=O) groups excluding carboxylic acids is 2. The summed E-state index contributed by atoms with van der Waals surface area (Å²) in [6.07, 6.45) is 3.93. The fraction of sp³-hybridized carbons (Fsp3) is 0.450. The SMILES string of the molecule is CC(C)(C#N)NC(=O)C1(NC(=O)c2cc3ccccc3[nH]2)CCCCC1. The van der Waals surface area contributed by atoms with Gasteiger partial charge < -0.3 is 15.6 Å². The van der Waals surface area contributed by atoms with Crippen LogP contribution >= 0.6 is 0 Å². The molecule has 2 aromatic rings. The fourth-order valence-electron chi connectivity index (χ4n) is 3.48. The molecule has 0 atom stereocenters. The average molecular weight is 352 g/mol. The molecule has 3 N–H and O–H groups in total. The van der Waals surface area contributed by atoms with Crippen LogP contribution in [0.25, 0.3) is 10.9 Å². The number of nitrogens with one attached hydrogen (secondary N) is 3. The quantitative estimate of drug-likeness (QED) is 0.789. The Hall–Kier alpha value is -2.81. The highest BCUT2D eigenvalue weighted by atomic mass is 16.2. The molecule has 2 amide bonds. The van der Waals surface area contributed by atoms with Crippen molar-refractivity contribution in [3.63, 3.8) is 0 Å². The third-order valence-corrected chi connectivity index (χ3v) is 4.97. The van der Waals surface area contributed by atoms with Gasteiger partial charge >= 0.3 is 0 Å². The summed E-state index contributed by atoms with van der Waals surface area (Å²) >= 11 is 0. The van der Waals surface area contributed by atoms with Gasteiger partial charge in [-0.25, -0.2) is 0 Å². The lowest BCUT2D eigenvalue weighted by molar-refractivity contribution is -0.129. The topological polar surface area (TPSA) is 97.8 Å². The first kappa shape index (κ1) is 18.0. The van der Waals surface area contributed by atoms with Crippen LogP contribution < -0.4 is 10.6 Å². The van der Waals surface area contributed by atoms with Crippen LogP contribution in [0.5, 0.6) is 0 Å². The van der Waals surface area contributed by atoms with E-state index in [1.807, 2.05) is 24.3 Å². The number of rotatable bonds is 4. The van der Waals surface area contributed by atoms with Gasteiger partial charge in [0.15, 0.2) is 0 Å². The third kappa shape index (κ3) is 3.57. The Morgan fingerprint density at radius 3 is 2.54 bits per heavy atom. The number of amides is 2. The molecule has 1 fully saturated rings. The molecule has 26 heavy (non-hydrogen) atoms. The van der Waals surface area contributed by atoms with E-state index in [1.54, 1.807) is 19.9 Å². The lowest BCUT2D eigenvalue weighted by Gasteiger charge is -2.38. The summed E-state index contributed by atoms with van der Waals surface area (Å²) in [7, 11) is 0. The highest BCUT2D eigenvalue weighted by Gasteiger charge is 2.43.